The number of hydrogen-bond donors (Lipinski definition) is 2. The Morgan fingerprint density at radius 2 is 2.14 bits per heavy atom. The first-order chi connectivity index (χ1) is 10.1. The maximum Gasteiger partial charge on any atom is 0.224 e. The molecule has 1 aromatic heterocycles. The number of nitrogens with zero attached hydrogens (tertiary/aromatic N) is 2. The fourth-order valence-electron chi connectivity index (χ4n) is 1.76. The van der Waals surface area contributed by atoms with E-state index in [4.69, 9.17) is 4.74 Å². The zero-order valence-corrected chi connectivity index (χ0v) is 12.4. The van der Waals surface area contributed by atoms with Gasteiger partial charge in [0.15, 0.2) is 11.6 Å². The van der Waals surface area contributed by atoms with E-state index in [9.17, 15) is 4.39 Å². The van der Waals surface area contributed by atoms with E-state index in [0.29, 0.717) is 17.5 Å². The van der Waals surface area contributed by atoms with Crippen LogP contribution in [0.5, 0.6) is 5.75 Å². The van der Waals surface area contributed by atoms with Gasteiger partial charge in [-0.2, -0.15) is 4.98 Å². The lowest BCUT2D eigenvalue weighted by atomic mass is 10.2. The molecule has 112 valence electrons. The van der Waals surface area contributed by atoms with Crippen LogP contribution in [0.2, 0.25) is 0 Å². The molecule has 0 saturated carbocycles. The van der Waals surface area contributed by atoms with Crippen molar-refractivity contribution in [2.75, 3.05) is 24.3 Å². The predicted octanol–water partition coefficient (Wildman–Crippen LogP) is 3.50. The summed E-state index contributed by atoms with van der Waals surface area (Å²) in [7, 11) is 1.44. The number of anilines is 3. The quantitative estimate of drug-likeness (QED) is 0.852. The molecule has 2 aromatic rings. The van der Waals surface area contributed by atoms with E-state index in [2.05, 4.69) is 27.5 Å². The highest BCUT2D eigenvalue weighted by molar-refractivity contribution is 5.61. The van der Waals surface area contributed by atoms with Gasteiger partial charge in [-0.15, -0.1) is 0 Å². The maximum absolute atomic E-state index is 13.4. The molecule has 0 saturated heterocycles. The van der Waals surface area contributed by atoms with Crippen molar-refractivity contribution < 1.29 is 9.13 Å². The Morgan fingerprint density at radius 1 is 1.33 bits per heavy atom. The second-order valence-corrected chi connectivity index (χ2v) is 4.63. The molecule has 0 spiro atoms. The SMILES string of the molecule is CCCNc1ncc(C)c(Nc2ccc(F)c(OC)c2)n1. The fraction of sp³-hybridized carbons (Fsp3) is 0.333. The molecular formula is C15H19FN4O. The number of benzene rings is 1. The second kappa shape index (κ2) is 6.88. The summed E-state index contributed by atoms with van der Waals surface area (Å²) in [4.78, 5) is 8.63. The van der Waals surface area contributed by atoms with Gasteiger partial charge in [-0.3, -0.25) is 0 Å². The number of halogens is 1. The minimum Gasteiger partial charge on any atom is -0.494 e. The molecule has 0 amide bonds. The standard InChI is InChI=1S/C15H19FN4O/c1-4-7-17-15-18-9-10(2)14(20-15)19-11-5-6-12(16)13(8-11)21-3/h5-6,8-9H,4,7H2,1-3H3,(H2,17,18,19,20). The Kier molecular flexibility index (Phi) is 4.92. The molecule has 0 radical (unpaired) electrons. The summed E-state index contributed by atoms with van der Waals surface area (Å²) in [6.45, 7) is 4.80. The number of methoxy groups -OCH3 is 1. The third-order valence-electron chi connectivity index (χ3n) is 2.92. The molecular weight excluding hydrogens is 271 g/mol. The van der Waals surface area contributed by atoms with Crippen LogP contribution in [0.4, 0.5) is 21.8 Å². The van der Waals surface area contributed by atoms with Crippen molar-refractivity contribution in [1.82, 2.24) is 9.97 Å². The lowest BCUT2D eigenvalue weighted by Gasteiger charge is -2.11. The summed E-state index contributed by atoms with van der Waals surface area (Å²) in [5, 5.41) is 6.29. The van der Waals surface area contributed by atoms with Gasteiger partial charge >= 0.3 is 0 Å². The smallest absolute Gasteiger partial charge is 0.224 e. The zero-order chi connectivity index (χ0) is 15.2. The van der Waals surface area contributed by atoms with Crippen LogP contribution >= 0.6 is 0 Å². The number of nitrogens with one attached hydrogen (secondary N) is 2. The average Bonchev–Trinajstić information content (AvgIpc) is 2.50. The molecule has 1 aromatic carbocycles. The molecule has 21 heavy (non-hydrogen) atoms. The summed E-state index contributed by atoms with van der Waals surface area (Å²) >= 11 is 0. The van der Waals surface area contributed by atoms with E-state index in [1.165, 1.54) is 13.2 Å². The van der Waals surface area contributed by atoms with Crippen LogP contribution < -0.4 is 15.4 Å². The van der Waals surface area contributed by atoms with Crippen LogP contribution in [0.25, 0.3) is 0 Å². The summed E-state index contributed by atoms with van der Waals surface area (Å²) < 4.78 is 18.4. The summed E-state index contributed by atoms with van der Waals surface area (Å²) in [5.74, 6) is 1.04. The van der Waals surface area contributed by atoms with Crippen LogP contribution in [0.1, 0.15) is 18.9 Å². The van der Waals surface area contributed by atoms with Crippen molar-refractivity contribution in [1.29, 1.82) is 0 Å². The third-order valence-corrected chi connectivity index (χ3v) is 2.92. The number of ether oxygens (including phenoxy) is 1. The molecule has 5 nitrogen and oxygen atoms in total. The first-order valence-corrected chi connectivity index (χ1v) is 6.82. The van der Waals surface area contributed by atoms with Gasteiger partial charge in [0.1, 0.15) is 5.82 Å². The third kappa shape index (κ3) is 3.81. The number of aryl methyl sites for hydroxylation is 1. The van der Waals surface area contributed by atoms with Gasteiger partial charge in [-0.05, 0) is 25.5 Å². The van der Waals surface area contributed by atoms with Crippen LogP contribution in [0.3, 0.4) is 0 Å². The van der Waals surface area contributed by atoms with E-state index in [-0.39, 0.29) is 5.75 Å². The first kappa shape index (κ1) is 15.0. The Labute approximate surface area is 123 Å². The largest absolute Gasteiger partial charge is 0.494 e. The minimum atomic E-state index is -0.396. The van der Waals surface area contributed by atoms with E-state index in [1.807, 2.05) is 6.92 Å². The molecule has 0 aliphatic carbocycles. The van der Waals surface area contributed by atoms with E-state index < -0.39 is 5.82 Å². The Bertz CT molecular complexity index is 619. The summed E-state index contributed by atoms with van der Waals surface area (Å²) in [5.41, 5.74) is 1.61. The Morgan fingerprint density at radius 3 is 2.86 bits per heavy atom. The zero-order valence-electron chi connectivity index (χ0n) is 12.4. The molecule has 0 aliphatic heterocycles. The van der Waals surface area contributed by atoms with Crippen LogP contribution in [-0.2, 0) is 0 Å². The fourth-order valence-corrected chi connectivity index (χ4v) is 1.76. The molecule has 1 heterocycles. The molecule has 6 heteroatoms. The highest BCUT2D eigenvalue weighted by Gasteiger charge is 2.07. The molecule has 0 fully saturated rings. The molecule has 0 atom stereocenters. The van der Waals surface area contributed by atoms with Crippen LogP contribution in [-0.4, -0.2) is 23.6 Å². The molecule has 2 rings (SSSR count). The number of rotatable bonds is 6. The number of hydrogen-bond acceptors (Lipinski definition) is 5. The van der Waals surface area contributed by atoms with Crippen molar-refractivity contribution in [2.45, 2.75) is 20.3 Å². The minimum absolute atomic E-state index is 0.191. The average molecular weight is 290 g/mol. The van der Waals surface area contributed by atoms with Crippen molar-refractivity contribution in [3.63, 3.8) is 0 Å². The van der Waals surface area contributed by atoms with E-state index >= 15 is 0 Å². The van der Waals surface area contributed by atoms with Gasteiger partial charge in [-0.25, -0.2) is 9.37 Å². The van der Waals surface area contributed by atoms with Gasteiger partial charge < -0.3 is 15.4 Å². The van der Waals surface area contributed by atoms with Gasteiger partial charge in [0.05, 0.1) is 7.11 Å². The van der Waals surface area contributed by atoms with Crippen molar-refractivity contribution >= 4 is 17.5 Å². The first-order valence-electron chi connectivity index (χ1n) is 6.82. The van der Waals surface area contributed by atoms with Crippen molar-refractivity contribution in [2.24, 2.45) is 0 Å². The van der Waals surface area contributed by atoms with E-state index in [1.54, 1.807) is 18.3 Å². The van der Waals surface area contributed by atoms with Gasteiger partial charge in [-0.1, -0.05) is 6.92 Å². The lowest BCUT2D eigenvalue weighted by Crippen LogP contribution is -2.07. The molecule has 0 bridgehead atoms. The predicted molar refractivity (Wildman–Crippen MR) is 81.8 cm³/mol. The molecule has 0 unspecified atom stereocenters. The van der Waals surface area contributed by atoms with Gasteiger partial charge in [0, 0.05) is 30.1 Å². The van der Waals surface area contributed by atoms with Crippen molar-refractivity contribution in [3.8, 4) is 5.75 Å². The normalized spacial score (nSPS) is 10.3. The second-order valence-electron chi connectivity index (χ2n) is 4.63. The Hall–Kier alpha value is -2.37. The molecule has 0 aliphatic rings. The van der Waals surface area contributed by atoms with Gasteiger partial charge in [0.2, 0.25) is 5.95 Å². The van der Waals surface area contributed by atoms with E-state index in [0.717, 1.165) is 18.5 Å². The Balaban J connectivity index is 2.22. The number of aromatic nitrogens is 2. The topological polar surface area (TPSA) is 59.1 Å². The maximum atomic E-state index is 13.4. The highest BCUT2D eigenvalue weighted by Crippen LogP contribution is 2.25. The molecule has 2 N–H and O–H groups in total. The van der Waals surface area contributed by atoms with Crippen LogP contribution in [0.15, 0.2) is 24.4 Å². The highest BCUT2D eigenvalue weighted by atomic mass is 19.1. The monoisotopic (exact) mass is 290 g/mol. The van der Waals surface area contributed by atoms with Crippen molar-refractivity contribution in [3.05, 3.63) is 35.8 Å². The summed E-state index contributed by atoms with van der Waals surface area (Å²) in [6.07, 6.45) is 2.74. The van der Waals surface area contributed by atoms with Crippen LogP contribution in [0, 0.1) is 12.7 Å². The lowest BCUT2D eigenvalue weighted by molar-refractivity contribution is 0.387. The summed E-state index contributed by atoms with van der Waals surface area (Å²) in [6, 6.07) is 4.59. The van der Waals surface area contributed by atoms with Gasteiger partial charge in [0.25, 0.3) is 0 Å².